The largest absolute Gasteiger partial charge is 0.493 e. The number of nitrogens with one attached hydrogen (secondary N) is 2. The molecule has 0 saturated carbocycles. The number of anilines is 1. The SMILES string of the molecule is COc1ccccc1OCC(=O)Nc1cc(C(C)C)[nH]n1. The first-order valence-corrected chi connectivity index (χ1v) is 6.71. The van der Waals surface area contributed by atoms with Crippen LogP contribution in [-0.2, 0) is 4.79 Å². The van der Waals surface area contributed by atoms with Gasteiger partial charge in [0.15, 0.2) is 23.9 Å². The molecule has 6 nitrogen and oxygen atoms in total. The molecule has 0 saturated heterocycles. The molecule has 1 amide bonds. The molecular formula is C15H19N3O3. The van der Waals surface area contributed by atoms with Crippen LogP contribution in [-0.4, -0.2) is 29.8 Å². The van der Waals surface area contributed by atoms with Crippen LogP contribution in [0.1, 0.15) is 25.5 Å². The van der Waals surface area contributed by atoms with Crippen LogP contribution in [0.25, 0.3) is 0 Å². The summed E-state index contributed by atoms with van der Waals surface area (Å²) in [7, 11) is 1.55. The second kappa shape index (κ2) is 6.78. The van der Waals surface area contributed by atoms with Gasteiger partial charge in [0, 0.05) is 11.8 Å². The number of hydrogen-bond acceptors (Lipinski definition) is 4. The molecule has 2 rings (SSSR count). The number of benzene rings is 1. The van der Waals surface area contributed by atoms with Crippen LogP contribution in [0.4, 0.5) is 5.82 Å². The van der Waals surface area contributed by atoms with Crippen molar-refractivity contribution >= 4 is 11.7 Å². The van der Waals surface area contributed by atoms with E-state index in [-0.39, 0.29) is 12.5 Å². The molecule has 0 aliphatic rings. The van der Waals surface area contributed by atoms with Crippen molar-refractivity contribution in [2.45, 2.75) is 19.8 Å². The quantitative estimate of drug-likeness (QED) is 0.857. The van der Waals surface area contributed by atoms with E-state index in [0.717, 1.165) is 5.69 Å². The predicted molar refractivity (Wildman–Crippen MR) is 79.8 cm³/mol. The number of aromatic amines is 1. The fourth-order valence-electron chi connectivity index (χ4n) is 1.76. The van der Waals surface area contributed by atoms with Crippen LogP contribution in [0.5, 0.6) is 11.5 Å². The van der Waals surface area contributed by atoms with E-state index in [4.69, 9.17) is 9.47 Å². The summed E-state index contributed by atoms with van der Waals surface area (Å²) in [5.74, 6) is 1.66. The van der Waals surface area contributed by atoms with Crippen molar-refractivity contribution in [3.05, 3.63) is 36.0 Å². The Morgan fingerprint density at radius 1 is 1.33 bits per heavy atom. The van der Waals surface area contributed by atoms with Crippen LogP contribution in [0.2, 0.25) is 0 Å². The van der Waals surface area contributed by atoms with Crippen LogP contribution in [0.3, 0.4) is 0 Å². The van der Waals surface area contributed by atoms with Gasteiger partial charge < -0.3 is 14.8 Å². The first-order valence-electron chi connectivity index (χ1n) is 6.71. The van der Waals surface area contributed by atoms with E-state index in [1.807, 2.05) is 32.0 Å². The molecule has 0 aliphatic heterocycles. The van der Waals surface area contributed by atoms with Crippen LogP contribution in [0.15, 0.2) is 30.3 Å². The summed E-state index contributed by atoms with van der Waals surface area (Å²) in [6.07, 6.45) is 0. The maximum atomic E-state index is 11.8. The van der Waals surface area contributed by atoms with Gasteiger partial charge in [-0.3, -0.25) is 9.89 Å². The summed E-state index contributed by atoms with van der Waals surface area (Å²) in [5.41, 5.74) is 0.968. The molecule has 1 aromatic carbocycles. The maximum absolute atomic E-state index is 11.8. The Labute approximate surface area is 123 Å². The number of hydrogen-bond donors (Lipinski definition) is 2. The molecule has 1 aromatic heterocycles. The number of carbonyl (C=O) groups excluding carboxylic acids is 1. The minimum Gasteiger partial charge on any atom is -0.493 e. The Morgan fingerprint density at radius 3 is 2.67 bits per heavy atom. The third kappa shape index (κ3) is 3.98. The number of ether oxygens (including phenoxy) is 2. The van der Waals surface area contributed by atoms with E-state index >= 15 is 0 Å². The second-order valence-corrected chi connectivity index (χ2v) is 4.85. The predicted octanol–water partition coefficient (Wildman–Crippen LogP) is 2.56. The van der Waals surface area contributed by atoms with Gasteiger partial charge in [-0.05, 0) is 18.1 Å². The summed E-state index contributed by atoms with van der Waals surface area (Å²) in [6.45, 7) is 3.98. The topological polar surface area (TPSA) is 76.2 Å². The van der Waals surface area contributed by atoms with Crippen molar-refractivity contribution in [2.75, 3.05) is 19.0 Å². The van der Waals surface area contributed by atoms with Gasteiger partial charge in [-0.1, -0.05) is 26.0 Å². The van der Waals surface area contributed by atoms with Gasteiger partial charge in [0.05, 0.1) is 7.11 Å². The third-order valence-corrected chi connectivity index (χ3v) is 2.92. The zero-order valence-electron chi connectivity index (χ0n) is 12.3. The molecule has 2 aromatic rings. The molecule has 0 spiro atoms. The Morgan fingerprint density at radius 2 is 2.05 bits per heavy atom. The first kappa shape index (κ1) is 14.9. The second-order valence-electron chi connectivity index (χ2n) is 4.85. The zero-order valence-corrected chi connectivity index (χ0v) is 12.3. The van der Waals surface area contributed by atoms with Gasteiger partial charge in [0.2, 0.25) is 0 Å². The van der Waals surface area contributed by atoms with E-state index in [0.29, 0.717) is 23.2 Å². The number of para-hydroxylation sites is 2. The summed E-state index contributed by atoms with van der Waals surface area (Å²) in [6, 6.07) is 8.99. The van der Waals surface area contributed by atoms with Crippen molar-refractivity contribution in [1.29, 1.82) is 0 Å². The van der Waals surface area contributed by atoms with Crippen molar-refractivity contribution in [2.24, 2.45) is 0 Å². The highest BCUT2D eigenvalue weighted by Crippen LogP contribution is 2.25. The van der Waals surface area contributed by atoms with Gasteiger partial charge >= 0.3 is 0 Å². The van der Waals surface area contributed by atoms with Crippen molar-refractivity contribution in [3.63, 3.8) is 0 Å². The lowest BCUT2D eigenvalue weighted by molar-refractivity contribution is -0.118. The number of H-pyrrole nitrogens is 1. The summed E-state index contributed by atoms with van der Waals surface area (Å²) in [5, 5.41) is 9.58. The zero-order chi connectivity index (χ0) is 15.2. The van der Waals surface area contributed by atoms with Crippen molar-refractivity contribution < 1.29 is 14.3 Å². The van der Waals surface area contributed by atoms with Gasteiger partial charge in [-0.25, -0.2) is 0 Å². The lowest BCUT2D eigenvalue weighted by Crippen LogP contribution is -2.20. The van der Waals surface area contributed by atoms with E-state index in [1.54, 1.807) is 19.2 Å². The Kier molecular flexibility index (Phi) is 4.81. The molecule has 0 bridgehead atoms. The van der Waals surface area contributed by atoms with Gasteiger partial charge in [-0.2, -0.15) is 5.10 Å². The molecule has 1 heterocycles. The number of methoxy groups -OCH3 is 1. The Balaban J connectivity index is 1.89. The number of carbonyl (C=O) groups is 1. The summed E-state index contributed by atoms with van der Waals surface area (Å²) in [4.78, 5) is 11.8. The monoisotopic (exact) mass is 289 g/mol. The fourth-order valence-corrected chi connectivity index (χ4v) is 1.76. The standard InChI is InChI=1S/C15H19N3O3/c1-10(2)11-8-14(18-17-11)16-15(19)9-21-13-7-5-4-6-12(13)20-3/h4-8,10H,9H2,1-3H3,(H2,16,17,18,19). The molecule has 0 atom stereocenters. The van der Waals surface area contributed by atoms with Crippen molar-refractivity contribution in [1.82, 2.24) is 10.2 Å². The minimum absolute atomic E-state index is 0.107. The number of amides is 1. The molecular weight excluding hydrogens is 270 g/mol. The number of rotatable bonds is 6. The Hall–Kier alpha value is -2.50. The van der Waals surface area contributed by atoms with E-state index in [1.165, 1.54) is 0 Å². The van der Waals surface area contributed by atoms with Gasteiger partial charge in [-0.15, -0.1) is 0 Å². The van der Waals surface area contributed by atoms with Crippen LogP contribution in [0, 0.1) is 0 Å². The molecule has 0 radical (unpaired) electrons. The Bertz CT molecular complexity index is 608. The minimum atomic E-state index is -0.275. The molecule has 21 heavy (non-hydrogen) atoms. The van der Waals surface area contributed by atoms with Crippen molar-refractivity contribution in [3.8, 4) is 11.5 Å². The highest BCUT2D eigenvalue weighted by molar-refractivity contribution is 5.91. The number of aromatic nitrogens is 2. The van der Waals surface area contributed by atoms with Crippen LogP contribution < -0.4 is 14.8 Å². The summed E-state index contributed by atoms with van der Waals surface area (Å²) < 4.78 is 10.6. The third-order valence-electron chi connectivity index (χ3n) is 2.92. The van der Waals surface area contributed by atoms with E-state index < -0.39 is 0 Å². The first-order chi connectivity index (χ1) is 10.1. The lowest BCUT2D eigenvalue weighted by atomic mass is 10.1. The van der Waals surface area contributed by atoms with Crippen LogP contribution >= 0.6 is 0 Å². The maximum Gasteiger partial charge on any atom is 0.263 e. The molecule has 112 valence electrons. The fraction of sp³-hybridized carbons (Fsp3) is 0.333. The molecule has 6 heteroatoms. The molecule has 0 fully saturated rings. The molecule has 0 aliphatic carbocycles. The average Bonchev–Trinajstić information content (AvgIpc) is 2.94. The van der Waals surface area contributed by atoms with Gasteiger partial charge in [0.1, 0.15) is 0 Å². The lowest BCUT2D eigenvalue weighted by Gasteiger charge is -2.09. The number of nitrogens with zero attached hydrogens (tertiary/aromatic N) is 1. The van der Waals surface area contributed by atoms with E-state index in [2.05, 4.69) is 15.5 Å². The normalized spacial score (nSPS) is 10.5. The highest BCUT2D eigenvalue weighted by atomic mass is 16.5. The molecule has 2 N–H and O–H groups in total. The van der Waals surface area contributed by atoms with E-state index in [9.17, 15) is 4.79 Å². The highest BCUT2D eigenvalue weighted by Gasteiger charge is 2.10. The summed E-state index contributed by atoms with van der Waals surface area (Å²) >= 11 is 0. The smallest absolute Gasteiger partial charge is 0.263 e. The molecule has 0 unspecified atom stereocenters. The average molecular weight is 289 g/mol. The van der Waals surface area contributed by atoms with Gasteiger partial charge in [0.25, 0.3) is 5.91 Å².